The molecule has 1 radical (unpaired) electrons. The van der Waals surface area contributed by atoms with Crippen molar-refractivity contribution in [3.05, 3.63) is 0 Å². The fourth-order valence-electron chi connectivity index (χ4n) is 0. The van der Waals surface area contributed by atoms with Gasteiger partial charge in [0.15, 0.2) is 0 Å². The molecule has 0 spiro atoms. The average molecular weight is 253 g/mol. The number of hydrogen-bond donors (Lipinski definition) is 0. The smallest absolute Gasteiger partial charge is 0.850 e. The van der Waals surface area contributed by atoms with Crippen LogP contribution >= 0.6 is 0 Å². The van der Waals surface area contributed by atoms with Crippen LogP contribution in [0.15, 0.2) is 0 Å². The van der Waals surface area contributed by atoms with Crippen LogP contribution in [0, 0.1) is 0 Å². The molecule has 17 heavy (non-hydrogen) atoms. The van der Waals surface area contributed by atoms with Gasteiger partial charge in [0, 0.05) is 18.9 Å². The maximum absolute atomic E-state index is 10.1. The van der Waals surface area contributed by atoms with Crippen molar-refractivity contribution >= 4 is 36.2 Å². The molecule has 0 N–H and O–H groups in total. The molecule has 0 bridgehead atoms. The van der Waals surface area contributed by atoms with E-state index in [2.05, 4.69) is 0 Å². The van der Waals surface area contributed by atoms with Crippen molar-refractivity contribution in [2.75, 3.05) is 0 Å². The molecule has 0 rings (SSSR count). The Balaban J connectivity index is -0.0000000400. The zero-order valence-electron chi connectivity index (χ0n) is 13.3. The molecule has 0 aromatic carbocycles. The molecular formula is C12H27AlLiO3. The Kier molecular flexibility index (Phi) is 21.8. The maximum atomic E-state index is 10.1. The predicted octanol–water partition coefficient (Wildman–Crippen LogP) is -0.326. The molecule has 0 unspecified atom stereocenters. The van der Waals surface area contributed by atoms with Crippen LogP contribution in [-0.4, -0.2) is 53.0 Å². The van der Waals surface area contributed by atoms with Gasteiger partial charge in [0.05, 0.1) is 0 Å². The summed E-state index contributed by atoms with van der Waals surface area (Å²) >= 11 is 0. The maximum Gasteiger partial charge on any atom is 3.00 e. The van der Waals surface area contributed by atoms with E-state index in [9.17, 15) is 15.3 Å². The average Bonchev–Trinajstić information content (AvgIpc) is 1.41. The first-order chi connectivity index (χ1) is 6.00. The Morgan fingerprint density at radius 1 is 0.471 bits per heavy atom. The first-order valence-electron chi connectivity index (χ1n) is 5.11. The van der Waals surface area contributed by atoms with Crippen LogP contribution < -0.4 is 15.3 Å². The number of hydrogen-bond acceptors (Lipinski definition) is 3. The second-order valence-corrected chi connectivity index (χ2v) is 6.34. The van der Waals surface area contributed by atoms with E-state index in [1.54, 1.807) is 62.3 Å². The Hall–Kier alpha value is 1.01. The van der Waals surface area contributed by atoms with Gasteiger partial charge in [-0.1, -0.05) is 62.3 Å². The van der Waals surface area contributed by atoms with Crippen molar-refractivity contribution in [2.24, 2.45) is 0 Å². The summed E-state index contributed by atoms with van der Waals surface area (Å²) in [7, 11) is 0. The topological polar surface area (TPSA) is 69.2 Å². The molecule has 0 atom stereocenters. The van der Waals surface area contributed by atoms with Crippen molar-refractivity contribution in [2.45, 2.75) is 79.1 Å². The standard InChI is InChI=1S/3C4H9O.Al.Li/c3*1-4(2,3)5;;/h3*1-3H3;;/q3*-1;+3;. The van der Waals surface area contributed by atoms with Crippen molar-refractivity contribution < 1.29 is 15.3 Å². The SMILES string of the molecule is CC(C)(C)[O-].CC(C)(C)[O-].CC(C)(C)[O-].[Al+3].[Li]. The molecule has 0 amide bonds. The van der Waals surface area contributed by atoms with Crippen LogP contribution in [0.4, 0.5) is 0 Å². The van der Waals surface area contributed by atoms with Gasteiger partial charge in [0.2, 0.25) is 0 Å². The van der Waals surface area contributed by atoms with Crippen molar-refractivity contribution in [1.82, 2.24) is 0 Å². The van der Waals surface area contributed by atoms with Crippen LogP contribution in [-0.2, 0) is 0 Å². The van der Waals surface area contributed by atoms with Gasteiger partial charge in [-0.25, -0.2) is 0 Å². The molecule has 97 valence electrons. The Labute approximate surface area is 130 Å². The van der Waals surface area contributed by atoms with E-state index in [-0.39, 0.29) is 36.2 Å². The monoisotopic (exact) mass is 253 g/mol. The van der Waals surface area contributed by atoms with Gasteiger partial charge in [-0.2, -0.15) is 0 Å². The fraction of sp³-hybridized carbons (Fsp3) is 1.00. The molecule has 0 saturated heterocycles. The van der Waals surface area contributed by atoms with Crippen LogP contribution in [0.5, 0.6) is 0 Å². The van der Waals surface area contributed by atoms with E-state index in [1.807, 2.05) is 0 Å². The van der Waals surface area contributed by atoms with Crippen LogP contribution in [0.25, 0.3) is 0 Å². The van der Waals surface area contributed by atoms with Crippen molar-refractivity contribution in [3.8, 4) is 0 Å². The van der Waals surface area contributed by atoms with Gasteiger partial charge < -0.3 is 15.3 Å². The summed E-state index contributed by atoms with van der Waals surface area (Å²) in [5.41, 5.74) is -2.25. The second kappa shape index (κ2) is 12.1. The molecule has 0 aromatic rings. The van der Waals surface area contributed by atoms with Gasteiger partial charge in [0.25, 0.3) is 0 Å². The van der Waals surface area contributed by atoms with Gasteiger partial charge in [-0.15, -0.1) is 16.8 Å². The fourth-order valence-corrected chi connectivity index (χ4v) is 0. The summed E-state index contributed by atoms with van der Waals surface area (Å²) < 4.78 is 0. The zero-order valence-corrected chi connectivity index (χ0v) is 14.5. The zero-order chi connectivity index (χ0) is 13.5. The largest absolute Gasteiger partial charge is 3.00 e. The van der Waals surface area contributed by atoms with E-state index >= 15 is 0 Å². The van der Waals surface area contributed by atoms with E-state index in [0.29, 0.717) is 0 Å². The van der Waals surface area contributed by atoms with E-state index in [1.165, 1.54) is 0 Å². The van der Waals surface area contributed by atoms with Crippen molar-refractivity contribution in [3.63, 3.8) is 0 Å². The minimum Gasteiger partial charge on any atom is -0.850 e. The van der Waals surface area contributed by atoms with E-state index in [4.69, 9.17) is 0 Å². The molecule has 0 aliphatic heterocycles. The summed E-state index contributed by atoms with van der Waals surface area (Å²) in [6.07, 6.45) is 0. The van der Waals surface area contributed by atoms with Gasteiger partial charge in [-0.3, -0.25) is 0 Å². The van der Waals surface area contributed by atoms with Crippen LogP contribution in [0.2, 0.25) is 0 Å². The van der Waals surface area contributed by atoms with Crippen LogP contribution in [0.3, 0.4) is 0 Å². The molecule has 5 heteroatoms. The summed E-state index contributed by atoms with van der Waals surface area (Å²) in [6.45, 7) is 14.7. The third kappa shape index (κ3) is 3760. The van der Waals surface area contributed by atoms with Crippen LogP contribution in [0.1, 0.15) is 62.3 Å². The molecule has 0 heterocycles. The van der Waals surface area contributed by atoms with Gasteiger partial charge in [-0.05, 0) is 0 Å². The quantitative estimate of drug-likeness (QED) is 0.555. The molecular weight excluding hydrogens is 226 g/mol. The normalized spacial score (nSPS) is 10.6. The molecule has 0 aliphatic rings. The van der Waals surface area contributed by atoms with E-state index in [0.717, 1.165) is 0 Å². The van der Waals surface area contributed by atoms with Gasteiger partial charge >= 0.3 is 17.4 Å². The molecule has 0 aliphatic carbocycles. The minimum absolute atomic E-state index is 0. The van der Waals surface area contributed by atoms with Gasteiger partial charge in [0.1, 0.15) is 0 Å². The Morgan fingerprint density at radius 2 is 0.471 bits per heavy atom. The first-order valence-corrected chi connectivity index (χ1v) is 5.11. The van der Waals surface area contributed by atoms with Crippen molar-refractivity contribution in [1.29, 1.82) is 0 Å². The second-order valence-electron chi connectivity index (χ2n) is 6.34. The summed E-state index contributed by atoms with van der Waals surface area (Å²) in [6, 6.07) is 0. The summed E-state index contributed by atoms with van der Waals surface area (Å²) in [4.78, 5) is 0. The summed E-state index contributed by atoms with van der Waals surface area (Å²) in [5.74, 6) is 0. The molecule has 3 nitrogen and oxygen atoms in total. The first kappa shape index (κ1) is 30.8. The number of rotatable bonds is 0. The molecule has 0 fully saturated rings. The third-order valence-corrected chi connectivity index (χ3v) is 0. The minimum atomic E-state index is -0.750. The van der Waals surface area contributed by atoms with E-state index < -0.39 is 16.8 Å². The summed E-state index contributed by atoms with van der Waals surface area (Å²) in [5, 5.41) is 30.3. The Bertz CT molecular complexity index is 96.8. The predicted molar refractivity (Wildman–Crippen MR) is 70.8 cm³/mol. The third-order valence-electron chi connectivity index (χ3n) is 0. The molecule has 0 aromatic heterocycles. The molecule has 0 saturated carbocycles. The Morgan fingerprint density at radius 3 is 0.471 bits per heavy atom.